The third kappa shape index (κ3) is 4.67. The lowest BCUT2D eigenvalue weighted by Crippen LogP contribution is -2.41. The van der Waals surface area contributed by atoms with Crippen LogP contribution in [0.2, 0.25) is 0 Å². The highest BCUT2D eigenvalue weighted by atomic mass is 32.1. The van der Waals surface area contributed by atoms with Crippen molar-refractivity contribution in [2.75, 3.05) is 31.5 Å². The number of carbonyl (C=O) groups is 1. The minimum atomic E-state index is -0.273. The van der Waals surface area contributed by atoms with Gasteiger partial charge in [-0.15, -0.1) is 11.3 Å². The van der Waals surface area contributed by atoms with Crippen LogP contribution in [0.3, 0.4) is 0 Å². The molecule has 0 saturated carbocycles. The predicted octanol–water partition coefficient (Wildman–Crippen LogP) is 2.98. The average Bonchev–Trinajstić information content (AvgIpc) is 3.54. The van der Waals surface area contributed by atoms with Crippen LogP contribution in [0.15, 0.2) is 46.3 Å². The number of rotatable bonds is 8. The fraction of sp³-hybridized carbons (Fsp3) is 0.333. The number of likely N-dealkylation sites (tertiary alicyclic amines) is 1. The summed E-state index contributed by atoms with van der Waals surface area (Å²) in [5.74, 6) is 0.606. The Morgan fingerprint density at radius 2 is 2.17 bits per heavy atom. The fourth-order valence-electron chi connectivity index (χ4n) is 3.36. The topological polar surface area (TPSA) is 107 Å². The van der Waals surface area contributed by atoms with Gasteiger partial charge in [-0.05, 0) is 12.8 Å². The molecule has 4 rings (SSSR count). The van der Waals surface area contributed by atoms with Crippen LogP contribution in [0.25, 0.3) is 22.7 Å². The van der Waals surface area contributed by atoms with Gasteiger partial charge in [0, 0.05) is 36.6 Å². The fourth-order valence-corrected chi connectivity index (χ4v) is 4.09. The second kappa shape index (κ2) is 9.52. The molecule has 1 aromatic carbocycles. The van der Waals surface area contributed by atoms with Gasteiger partial charge in [-0.3, -0.25) is 4.79 Å². The normalized spacial score (nSPS) is 15.8. The molecule has 2 N–H and O–H groups in total. The Labute approximate surface area is 178 Å². The van der Waals surface area contributed by atoms with Crippen LogP contribution in [0.1, 0.15) is 12.8 Å². The van der Waals surface area contributed by atoms with E-state index in [1.165, 1.54) is 11.3 Å². The van der Waals surface area contributed by atoms with Crippen LogP contribution in [0, 0.1) is 11.3 Å². The molecule has 154 valence electrons. The number of hydrogen-bond acceptors (Lipinski definition) is 8. The summed E-state index contributed by atoms with van der Waals surface area (Å²) in [6, 6.07) is 13.7. The first-order chi connectivity index (χ1) is 14.7. The summed E-state index contributed by atoms with van der Waals surface area (Å²) in [6.45, 7) is 2.16. The van der Waals surface area contributed by atoms with Gasteiger partial charge in [0.25, 0.3) is 0 Å². The molecule has 1 atom stereocenters. The molecule has 2 aromatic heterocycles. The summed E-state index contributed by atoms with van der Waals surface area (Å²) < 4.78 is 5.44. The largest absolute Gasteiger partial charge is 0.360 e. The molecule has 8 nitrogen and oxygen atoms in total. The van der Waals surface area contributed by atoms with Crippen LogP contribution >= 0.6 is 11.3 Å². The number of amides is 1. The molecule has 3 aromatic rings. The molecule has 1 fully saturated rings. The van der Waals surface area contributed by atoms with Crippen molar-refractivity contribution in [3.05, 3.63) is 41.8 Å². The third-order valence-corrected chi connectivity index (χ3v) is 5.71. The number of nitriles is 1. The highest BCUT2D eigenvalue weighted by molar-refractivity contribution is 7.14. The van der Waals surface area contributed by atoms with Crippen LogP contribution in [0.4, 0.5) is 5.13 Å². The van der Waals surface area contributed by atoms with E-state index in [4.69, 9.17) is 9.78 Å². The van der Waals surface area contributed by atoms with Gasteiger partial charge < -0.3 is 20.1 Å². The minimum Gasteiger partial charge on any atom is -0.360 e. The van der Waals surface area contributed by atoms with Crippen molar-refractivity contribution in [2.45, 2.75) is 18.9 Å². The Morgan fingerprint density at radius 1 is 1.30 bits per heavy atom. The Bertz CT molecular complexity index is 1030. The van der Waals surface area contributed by atoms with Crippen molar-refractivity contribution in [3.8, 4) is 28.8 Å². The second-order valence-electron chi connectivity index (χ2n) is 6.96. The number of nitrogens with one attached hydrogen (secondary N) is 2. The highest BCUT2D eigenvalue weighted by Gasteiger charge is 2.27. The Kier molecular flexibility index (Phi) is 6.37. The van der Waals surface area contributed by atoms with E-state index < -0.39 is 0 Å². The summed E-state index contributed by atoms with van der Waals surface area (Å²) >= 11 is 1.49. The molecule has 0 bridgehead atoms. The van der Waals surface area contributed by atoms with E-state index in [9.17, 15) is 4.79 Å². The molecule has 1 aliphatic heterocycles. The van der Waals surface area contributed by atoms with E-state index in [0.717, 1.165) is 34.9 Å². The smallest absolute Gasteiger partial charge is 0.237 e. The number of aromatic nitrogens is 2. The predicted molar refractivity (Wildman–Crippen MR) is 115 cm³/mol. The summed E-state index contributed by atoms with van der Waals surface area (Å²) in [5.41, 5.74) is 2.51. The maximum absolute atomic E-state index is 12.2. The van der Waals surface area contributed by atoms with E-state index in [-0.39, 0.29) is 18.5 Å². The number of hydrogen-bond donors (Lipinski definition) is 2. The van der Waals surface area contributed by atoms with Crippen molar-refractivity contribution in [3.63, 3.8) is 0 Å². The summed E-state index contributed by atoms with van der Waals surface area (Å²) in [5, 5.41) is 22.3. The highest BCUT2D eigenvalue weighted by Crippen LogP contribution is 2.28. The van der Waals surface area contributed by atoms with Crippen molar-refractivity contribution in [1.29, 1.82) is 5.26 Å². The molecule has 9 heteroatoms. The molecule has 0 spiro atoms. The van der Waals surface area contributed by atoms with E-state index in [2.05, 4.69) is 26.8 Å². The summed E-state index contributed by atoms with van der Waals surface area (Å²) in [6.07, 6.45) is 1.67. The maximum atomic E-state index is 12.2. The van der Waals surface area contributed by atoms with Crippen LogP contribution in [0.5, 0.6) is 0 Å². The first kappa shape index (κ1) is 20.1. The zero-order valence-electron chi connectivity index (χ0n) is 16.4. The van der Waals surface area contributed by atoms with E-state index in [0.29, 0.717) is 25.4 Å². The second-order valence-corrected chi connectivity index (χ2v) is 7.82. The van der Waals surface area contributed by atoms with Gasteiger partial charge in [0.1, 0.15) is 17.4 Å². The SMILES string of the molecule is N#C[C@@H]1CCCN1C(=O)CNCCNc1nc(-c2cc(-c3ccccc3)no2)cs1. The zero-order chi connectivity index (χ0) is 20.8. The number of thiazole rings is 1. The molecule has 1 saturated heterocycles. The lowest BCUT2D eigenvalue weighted by Gasteiger charge is -2.19. The van der Waals surface area contributed by atoms with E-state index in [1.807, 2.05) is 41.8 Å². The molecule has 3 heterocycles. The van der Waals surface area contributed by atoms with E-state index >= 15 is 0 Å². The first-order valence-corrected chi connectivity index (χ1v) is 10.7. The van der Waals surface area contributed by atoms with Crippen LogP contribution in [-0.4, -0.2) is 53.2 Å². The molecule has 1 aliphatic rings. The standard InChI is InChI=1S/C21H22N6O2S/c22-12-16-7-4-10-27(16)20(28)13-23-8-9-24-21-25-18(14-30-21)19-11-17(26-29-19)15-5-2-1-3-6-15/h1-3,5-6,11,14,16,23H,4,7-10,13H2,(H,24,25)/t16-/m0/s1. The lowest BCUT2D eigenvalue weighted by atomic mass is 10.1. The van der Waals surface area contributed by atoms with E-state index in [1.54, 1.807) is 4.90 Å². The Hall–Kier alpha value is -3.22. The monoisotopic (exact) mass is 422 g/mol. The number of anilines is 1. The maximum Gasteiger partial charge on any atom is 0.237 e. The number of nitrogens with zero attached hydrogens (tertiary/aromatic N) is 4. The summed E-state index contributed by atoms with van der Waals surface area (Å²) in [7, 11) is 0. The molecular formula is C21H22N6O2S. The Morgan fingerprint density at radius 3 is 3.00 bits per heavy atom. The van der Waals surface area contributed by atoms with Crippen molar-refractivity contribution < 1.29 is 9.32 Å². The van der Waals surface area contributed by atoms with Gasteiger partial charge in [-0.2, -0.15) is 5.26 Å². The minimum absolute atomic E-state index is 0.0184. The molecule has 0 radical (unpaired) electrons. The molecule has 30 heavy (non-hydrogen) atoms. The molecule has 0 aliphatic carbocycles. The molecular weight excluding hydrogens is 400 g/mol. The lowest BCUT2D eigenvalue weighted by molar-refractivity contribution is -0.130. The number of carbonyl (C=O) groups excluding carboxylic acids is 1. The van der Waals surface area contributed by atoms with Crippen LogP contribution < -0.4 is 10.6 Å². The van der Waals surface area contributed by atoms with Gasteiger partial charge in [-0.1, -0.05) is 35.5 Å². The van der Waals surface area contributed by atoms with Crippen LogP contribution in [-0.2, 0) is 4.79 Å². The van der Waals surface area contributed by atoms with Gasteiger partial charge >= 0.3 is 0 Å². The van der Waals surface area contributed by atoms with Crippen molar-refractivity contribution in [1.82, 2.24) is 20.4 Å². The summed E-state index contributed by atoms with van der Waals surface area (Å²) in [4.78, 5) is 18.4. The van der Waals surface area contributed by atoms with Gasteiger partial charge in [0.15, 0.2) is 10.9 Å². The quantitative estimate of drug-likeness (QED) is 0.537. The Balaban J connectivity index is 1.22. The molecule has 0 unspecified atom stereocenters. The first-order valence-electron chi connectivity index (χ1n) is 9.86. The van der Waals surface area contributed by atoms with Crippen molar-refractivity contribution in [2.24, 2.45) is 0 Å². The van der Waals surface area contributed by atoms with Gasteiger partial charge in [-0.25, -0.2) is 4.98 Å². The zero-order valence-corrected chi connectivity index (χ0v) is 17.2. The van der Waals surface area contributed by atoms with Crippen molar-refractivity contribution >= 4 is 22.4 Å². The third-order valence-electron chi connectivity index (χ3n) is 4.91. The molecule has 1 amide bonds. The average molecular weight is 423 g/mol. The van der Waals surface area contributed by atoms with Gasteiger partial charge in [0.05, 0.1) is 12.6 Å². The van der Waals surface area contributed by atoms with Gasteiger partial charge in [0.2, 0.25) is 5.91 Å². The number of benzene rings is 1.